The molecule has 0 amide bonds. The molecule has 0 heterocycles. The van der Waals surface area contributed by atoms with Crippen LogP contribution in [0.15, 0.2) is 54.6 Å². The molecule has 0 saturated carbocycles. The van der Waals surface area contributed by atoms with Crippen LogP contribution >= 0.6 is 0 Å². The Morgan fingerprint density at radius 1 is 0.906 bits per heavy atom. The van der Waals surface area contributed by atoms with Crippen molar-refractivity contribution < 1.29 is 23.1 Å². The van der Waals surface area contributed by atoms with Gasteiger partial charge in [0.15, 0.2) is 0 Å². The molecule has 0 radical (unpaired) electrons. The van der Waals surface area contributed by atoms with Crippen LogP contribution in [-0.2, 0) is 31.4 Å². The zero-order chi connectivity index (χ0) is 23.4. The van der Waals surface area contributed by atoms with Gasteiger partial charge in [0.25, 0.3) is 5.97 Å². The predicted molar refractivity (Wildman–Crippen MR) is 130 cm³/mol. The van der Waals surface area contributed by atoms with Crippen molar-refractivity contribution in [1.82, 2.24) is 0 Å². The molecule has 5 nitrogen and oxygen atoms in total. The van der Waals surface area contributed by atoms with Gasteiger partial charge in [-0.1, -0.05) is 70.2 Å². The third kappa shape index (κ3) is 8.08. The quantitative estimate of drug-likeness (QED) is 0.254. The van der Waals surface area contributed by atoms with Crippen LogP contribution in [0.2, 0.25) is 11.1 Å². The lowest BCUT2D eigenvalue weighted by molar-refractivity contribution is -0.137. The molecule has 0 atom stereocenters. The average Bonchev–Trinajstić information content (AvgIpc) is 2.79. The van der Waals surface area contributed by atoms with Crippen LogP contribution in [0.4, 0.5) is 0 Å². The molecule has 0 aromatic heterocycles. The maximum absolute atomic E-state index is 12.8. The summed E-state index contributed by atoms with van der Waals surface area (Å²) in [5, 5.41) is 0. The van der Waals surface area contributed by atoms with Gasteiger partial charge in [-0.05, 0) is 36.1 Å². The van der Waals surface area contributed by atoms with Crippen LogP contribution in [0.5, 0.6) is 5.75 Å². The van der Waals surface area contributed by atoms with Crippen molar-refractivity contribution in [3.8, 4) is 5.75 Å². The predicted octanol–water partition coefficient (Wildman–Crippen LogP) is 6.06. The minimum Gasteiger partial charge on any atom is -0.497 e. The Bertz CT molecular complexity index is 799. The number of ether oxygens (including phenoxy) is 2. The summed E-state index contributed by atoms with van der Waals surface area (Å²) in [7, 11) is -1.08. The average molecular weight is 459 g/mol. The second kappa shape index (κ2) is 13.4. The molecule has 0 aliphatic carbocycles. The van der Waals surface area contributed by atoms with Crippen LogP contribution in [0, 0.1) is 0 Å². The SMILES string of the molecule is COc1cccc(CCC(=O)O[Si](OCCCOCc2ccccc2)(C(C)C)C(C)C)c1. The summed E-state index contributed by atoms with van der Waals surface area (Å²) in [5.41, 5.74) is 2.53. The van der Waals surface area contributed by atoms with Gasteiger partial charge in [-0.3, -0.25) is 4.79 Å². The Labute approximate surface area is 194 Å². The molecule has 0 fully saturated rings. The summed E-state index contributed by atoms with van der Waals surface area (Å²) in [6, 6.07) is 17.9. The van der Waals surface area contributed by atoms with Gasteiger partial charge in [0.1, 0.15) is 5.75 Å². The normalized spacial score (nSPS) is 11.7. The summed E-state index contributed by atoms with van der Waals surface area (Å²) in [5.74, 6) is 0.601. The van der Waals surface area contributed by atoms with Crippen molar-refractivity contribution in [3.05, 3.63) is 65.7 Å². The monoisotopic (exact) mass is 458 g/mol. The van der Waals surface area contributed by atoms with E-state index in [0.29, 0.717) is 32.7 Å². The van der Waals surface area contributed by atoms with Crippen LogP contribution in [0.25, 0.3) is 0 Å². The molecule has 0 aliphatic heterocycles. The number of benzene rings is 2. The minimum absolute atomic E-state index is 0.161. The van der Waals surface area contributed by atoms with Crippen LogP contribution in [0.1, 0.15) is 51.7 Å². The van der Waals surface area contributed by atoms with Gasteiger partial charge in [-0.25, -0.2) is 0 Å². The molecule has 2 aromatic carbocycles. The minimum atomic E-state index is -2.72. The van der Waals surface area contributed by atoms with E-state index in [-0.39, 0.29) is 17.1 Å². The first-order valence-electron chi connectivity index (χ1n) is 11.5. The number of aryl methyl sites for hydroxylation is 1. The summed E-state index contributed by atoms with van der Waals surface area (Å²) in [6.07, 6.45) is 1.71. The second-order valence-corrected chi connectivity index (χ2v) is 12.8. The third-order valence-electron chi connectivity index (χ3n) is 5.51. The Kier molecular flexibility index (Phi) is 10.9. The topological polar surface area (TPSA) is 54.0 Å². The lowest BCUT2D eigenvalue weighted by atomic mass is 10.1. The maximum atomic E-state index is 12.8. The first-order chi connectivity index (χ1) is 15.4. The maximum Gasteiger partial charge on any atom is 0.406 e. The highest BCUT2D eigenvalue weighted by atomic mass is 28.4. The highest BCUT2D eigenvalue weighted by Gasteiger charge is 2.48. The van der Waals surface area contributed by atoms with Gasteiger partial charge in [0.2, 0.25) is 0 Å². The van der Waals surface area contributed by atoms with Crippen molar-refractivity contribution in [2.75, 3.05) is 20.3 Å². The fraction of sp³-hybridized carbons (Fsp3) is 0.500. The number of hydrogen-bond donors (Lipinski definition) is 0. The molecule has 0 aliphatic rings. The molecule has 32 heavy (non-hydrogen) atoms. The van der Waals surface area contributed by atoms with E-state index in [1.54, 1.807) is 7.11 Å². The molecule has 0 N–H and O–H groups in total. The fourth-order valence-electron chi connectivity index (χ4n) is 3.73. The molecule has 0 unspecified atom stereocenters. The van der Waals surface area contributed by atoms with Crippen molar-refractivity contribution in [1.29, 1.82) is 0 Å². The lowest BCUT2D eigenvalue weighted by Gasteiger charge is -2.36. The summed E-state index contributed by atoms with van der Waals surface area (Å²) in [6.45, 7) is 10.1. The summed E-state index contributed by atoms with van der Waals surface area (Å²) >= 11 is 0. The van der Waals surface area contributed by atoms with Gasteiger partial charge >= 0.3 is 8.56 Å². The zero-order valence-electron chi connectivity index (χ0n) is 20.1. The number of carbonyl (C=O) groups is 1. The van der Waals surface area contributed by atoms with E-state index in [2.05, 4.69) is 39.8 Å². The smallest absolute Gasteiger partial charge is 0.406 e. The standard InChI is InChI=1S/C26H38O5Si/c1-21(2)32(22(3)4,30-18-10-17-29-20-24-11-7-6-8-12-24)31-26(27)16-15-23-13-9-14-25(19-23)28-5/h6-9,11-14,19,21-22H,10,15-18,20H2,1-5H3. The van der Waals surface area contributed by atoms with Crippen LogP contribution in [0.3, 0.4) is 0 Å². The Balaban J connectivity index is 1.84. The molecule has 2 aromatic rings. The van der Waals surface area contributed by atoms with Gasteiger partial charge < -0.3 is 18.3 Å². The van der Waals surface area contributed by atoms with Gasteiger partial charge in [0, 0.05) is 30.7 Å². The van der Waals surface area contributed by atoms with Gasteiger partial charge in [-0.15, -0.1) is 0 Å². The number of rotatable bonds is 14. The van der Waals surface area contributed by atoms with Gasteiger partial charge in [0.05, 0.1) is 13.7 Å². The highest BCUT2D eigenvalue weighted by molar-refractivity contribution is 6.71. The third-order valence-corrected chi connectivity index (χ3v) is 9.93. The highest BCUT2D eigenvalue weighted by Crippen LogP contribution is 2.35. The molecular weight excluding hydrogens is 420 g/mol. The molecule has 0 bridgehead atoms. The van der Waals surface area contributed by atoms with E-state index >= 15 is 0 Å². The van der Waals surface area contributed by atoms with Crippen molar-refractivity contribution in [2.45, 2.75) is 64.6 Å². The Hall–Kier alpha value is -2.15. The number of methoxy groups -OCH3 is 1. The number of carbonyl (C=O) groups excluding carboxylic acids is 1. The molecule has 176 valence electrons. The van der Waals surface area contributed by atoms with Crippen molar-refractivity contribution in [2.24, 2.45) is 0 Å². The van der Waals surface area contributed by atoms with E-state index in [0.717, 1.165) is 23.3 Å². The fourth-order valence-corrected chi connectivity index (χ4v) is 7.18. The lowest BCUT2D eigenvalue weighted by Crippen LogP contribution is -2.50. The van der Waals surface area contributed by atoms with Crippen molar-refractivity contribution in [3.63, 3.8) is 0 Å². The van der Waals surface area contributed by atoms with E-state index in [1.165, 1.54) is 0 Å². The summed E-state index contributed by atoms with van der Waals surface area (Å²) in [4.78, 5) is 12.8. The molecular formula is C26H38O5Si. The Morgan fingerprint density at radius 3 is 2.25 bits per heavy atom. The largest absolute Gasteiger partial charge is 0.497 e. The second-order valence-electron chi connectivity index (χ2n) is 8.60. The molecule has 2 rings (SSSR count). The van der Waals surface area contributed by atoms with Gasteiger partial charge in [-0.2, -0.15) is 0 Å². The molecule has 0 spiro atoms. The summed E-state index contributed by atoms with van der Waals surface area (Å²) < 4.78 is 23.5. The van der Waals surface area contributed by atoms with Crippen molar-refractivity contribution >= 4 is 14.5 Å². The molecule has 6 heteroatoms. The molecule has 0 saturated heterocycles. The van der Waals surface area contributed by atoms with E-state index in [9.17, 15) is 4.79 Å². The van der Waals surface area contributed by atoms with E-state index < -0.39 is 8.56 Å². The first kappa shape index (κ1) is 26.1. The van der Waals surface area contributed by atoms with E-state index in [4.69, 9.17) is 18.3 Å². The van der Waals surface area contributed by atoms with E-state index in [1.807, 2.05) is 42.5 Å². The van der Waals surface area contributed by atoms with Crippen LogP contribution < -0.4 is 4.74 Å². The van der Waals surface area contributed by atoms with Crippen LogP contribution in [-0.4, -0.2) is 34.9 Å². The Morgan fingerprint density at radius 2 is 1.59 bits per heavy atom. The zero-order valence-corrected chi connectivity index (χ0v) is 21.1. The number of hydrogen-bond acceptors (Lipinski definition) is 5. The first-order valence-corrected chi connectivity index (χ1v) is 13.4.